The van der Waals surface area contributed by atoms with Crippen molar-refractivity contribution in [2.45, 2.75) is 66.1 Å². The number of fused-ring (bicyclic) bond motifs is 2. The van der Waals surface area contributed by atoms with Crippen LogP contribution in [0.1, 0.15) is 58.5 Å². The van der Waals surface area contributed by atoms with Crippen LogP contribution in [0.5, 0.6) is 0 Å². The number of amides is 3. The van der Waals surface area contributed by atoms with E-state index in [4.69, 9.17) is 0 Å². The molecule has 36 heavy (non-hydrogen) atoms. The fourth-order valence-corrected chi connectivity index (χ4v) is 5.82. The van der Waals surface area contributed by atoms with Crippen molar-refractivity contribution < 1.29 is 14.4 Å². The molecule has 192 valence electrons. The number of piperidine rings is 1. The van der Waals surface area contributed by atoms with E-state index in [1.165, 1.54) is 0 Å². The Labute approximate surface area is 213 Å². The van der Waals surface area contributed by atoms with Crippen LogP contribution in [0.15, 0.2) is 30.3 Å². The second kappa shape index (κ2) is 8.95. The van der Waals surface area contributed by atoms with Gasteiger partial charge in [-0.3, -0.25) is 14.4 Å². The average Bonchev–Trinajstić information content (AvgIpc) is 3.15. The normalized spacial score (nSPS) is 23.9. The molecule has 2 heterocycles. The van der Waals surface area contributed by atoms with Crippen molar-refractivity contribution in [1.29, 1.82) is 5.26 Å². The summed E-state index contributed by atoms with van der Waals surface area (Å²) in [7, 11) is 1.83. The molecule has 2 fully saturated rings. The molecule has 1 aromatic carbocycles. The van der Waals surface area contributed by atoms with Crippen molar-refractivity contribution >= 4 is 28.6 Å². The molecule has 1 aromatic heterocycles. The highest BCUT2D eigenvalue weighted by Gasteiger charge is 2.69. The molecule has 0 radical (unpaired) electrons. The first-order valence-electron chi connectivity index (χ1n) is 12.7. The van der Waals surface area contributed by atoms with Gasteiger partial charge < -0.3 is 20.1 Å². The molecular formula is C28H37N5O3. The van der Waals surface area contributed by atoms with Gasteiger partial charge >= 0.3 is 0 Å². The van der Waals surface area contributed by atoms with E-state index in [0.717, 1.165) is 10.9 Å². The van der Waals surface area contributed by atoms with Crippen molar-refractivity contribution in [2.75, 3.05) is 6.54 Å². The Morgan fingerprint density at radius 2 is 1.86 bits per heavy atom. The zero-order chi connectivity index (χ0) is 26.6. The standard InChI is InChI=1S/C28H37N5O3/c1-8-17(14-29)30-25(35)22-21-18(28(21,5)6)15-33(22)26(36)23(27(2,3)4)31-24(34)20-13-16-11-9-10-12-19(16)32(20)7/h9-13,17-18,21-23H,8,15H2,1-7H3,(H,30,35)(H,31,34)/t17-,18-,21-,22-,23+/m0/s1. The molecule has 2 aromatic rings. The lowest BCUT2D eigenvalue weighted by Gasteiger charge is -2.37. The molecule has 8 heteroatoms. The van der Waals surface area contributed by atoms with Gasteiger partial charge in [-0.15, -0.1) is 0 Å². The number of carbonyl (C=O) groups excluding carboxylic acids is 3. The minimum Gasteiger partial charge on any atom is -0.340 e. The maximum absolute atomic E-state index is 14.0. The van der Waals surface area contributed by atoms with Crippen LogP contribution in [-0.4, -0.2) is 51.9 Å². The van der Waals surface area contributed by atoms with Gasteiger partial charge in [-0.1, -0.05) is 59.7 Å². The molecule has 3 amide bonds. The van der Waals surface area contributed by atoms with E-state index < -0.39 is 23.5 Å². The molecule has 5 atom stereocenters. The van der Waals surface area contributed by atoms with E-state index in [-0.39, 0.29) is 35.0 Å². The van der Waals surface area contributed by atoms with Gasteiger partial charge in [-0.25, -0.2) is 0 Å². The number of carbonyl (C=O) groups is 3. The van der Waals surface area contributed by atoms with Crippen molar-refractivity contribution in [1.82, 2.24) is 20.1 Å². The third-order valence-corrected chi connectivity index (χ3v) is 8.21. The first-order chi connectivity index (χ1) is 16.8. The summed E-state index contributed by atoms with van der Waals surface area (Å²) in [6, 6.07) is 9.61. The molecule has 2 aliphatic rings. The van der Waals surface area contributed by atoms with E-state index in [0.29, 0.717) is 18.7 Å². The molecule has 0 bridgehead atoms. The molecule has 0 spiro atoms. The molecule has 4 rings (SSSR count). The Kier molecular flexibility index (Phi) is 6.40. The lowest BCUT2D eigenvalue weighted by atomic mass is 9.85. The highest BCUT2D eigenvalue weighted by molar-refractivity contribution is 6.01. The Balaban J connectivity index is 1.61. The molecule has 8 nitrogen and oxygen atoms in total. The van der Waals surface area contributed by atoms with E-state index >= 15 is 0 Å². The topological polar surface area (TPSA) is 107 Å². The second-order valence-electron chi connectivity index (χ2n) is 11.9. The lowest BCUT2D eigenvalue weighted by Crippen LogP contribution is -2.59. The molecule has 1 aliphatic heterocycles. The predicted molar refractivity (Wildman–Crippen MR) is 138 cm³/mol. The zero-order valence-corrected chi connectivity index (χ0v) is 22.3. The summed E-state index contributed by atoms with van der Waals surface area (Å²) >= 11 is 0. The molecule has 0 unspecified atom stereocenters. The number of aromatic nitrogens is 1. The van der Waals surface area contributed by atoms with Crippen LogP contribution in [0.4, 0.5) is 0 Å². The fourth-order valence-electron chi connectivity index (χ4n) is 5.82. The number of hydrogen-bond donors (Lipinski definition) is 2. The lowest BCUT2D eigenvalue weighted by molar-refractivity contribution is -0.143. The van der Waals surface area contributed by atoms with E-state index in [9.17, 15) is 19.6 Å². The van der Waals surface area contributed by atoms with Crippen LogP contribution in [0, 0.1) is 34.0 Å². The van der Waals surface area contributed by atoms with Gasteiger partial charge in [0.15, 0.2) is 0 Å². The van der Waals surface area contributed by atoms with Gasteiger partial charge in [0.2, 0.25) is 11.8 Å². The average molecular weight is 492 g/mol. The number of likely N-dealkylation sites (tertiary alicyclic amines) is 1. The number of aryl methyl sites for hydroxylation is 1. The molecule has 1 aliphatic carbocycles. The van der Waals surface area contributed by atoms with Crippen LogP contribution in [-0.2, 0) is 16.6 Å². The molecule has 1 saturated heterocycles. The van der Waals surface area contributed by atoms with Gasteiger partial charge in [0, 0.05) is 24.5 Å². The quantitative estimate of drug-likeness (QED) is 0.647. The highest BCUT2D eigenvalue weighted by atomic mass is 16.2. The van der Waals surface area contributed by atoms with Crippen molar-refractivity contribution in [3.05, 3.63) is 36.0 Å². The Morgan fingerprint density at radius 3 is 2.44 bits per heavy atom. The number of rotatable bonds is 6. The maximum atomic E-state index is 14.0. The summed E-state index contributed by atoms with van der Waals surface area (Å²) in [5.41, 5.74) is 0.774. The minimum absolute atomic E-state index is 0.0344. The number of nitriles is 1. The second-order valence-corrected chi connectivity index (χ2v) is 11.9. The summed E-state index contributed by atoms with van der Waals surface area (Å²) in [5, 5.41) is 16.1. The van der Waals surface area contributed by atoms with Crippen molar-refractivity contribution in [2.24, 2.45) is 29.7 Å². The summed E-state index contributed by atoms with van der Waals surface area (Å²) in [6.07, 6.45) is 0.492. The number of para-hydroxylation sites is 1. The Morgan fingerprint density at radius 1 is 1.19 bits per heavy atom. The summed E-state index contributed by atoms with van der Waals surface area (Å²) in [5.74, 6) is -0.630. The predicted octanol–water partition coefficient (Wildman–Crippen LogP) is 3.22. The van der Waals surface area contributed by atoms with Gasteiger partial charge in [0.05, 0.1) is 6.07 Å². The number of hydrogen-bond acceptors (Lipinski definition) is 4. The first kappa shape index (κ1) is 25.7. The van der Waals surface area contributed by atoms with Crippen LogP contribution in [0.2, 0.25) is 0 Å². The fraction of sp³-hybridized carbons (Fsp3) is 0.571. The monoisotopic (exact) mass is 491 g/mol. The van der Waals surface area contributed by atoms with Crippen LogP contribution < -0.4 is 10.6 Å². The highest BCUT2D eigenvalue weighted by Crippen LogP contribution is 2.65. The summed E-state index contributed by atoms with van der Waals surface area (Å²) in [4.78, 5) is 42.4. The number of benzene rings is 1. The Hall–Kier alpha value is -3.34. The third-order valence-electron chi connectivity index (χ3n) is 8.21. The summed E-state index contributed by atoms with van der Waals surface area (Å²) in [6.45, 7) is 12.3. The van der Waals surface area contributed by atoms with Gasteiger partial charge in [-0.2, -0.15) is 5.26 Å². The van der Waals surface area contributed by atoms with E-state index in [1.807, 2.05) is 69.6 Å². The van der Waals surface area contributed by atoms with Crippen molar-refractivity contribution in [3.8, 4) is 6.07 Å². The van der Waals surface area contributed by atoms with Gasteiger partial charge in [0.25, 0.3) is 5.91 Å². The number of nitrogens with one attached hydrogen (secondary N) is 2. The largest absolute Gasteiger partial charge is 0.340 e. The smallest absolute Gasteiger partial charge is 0.268 e. The van der Waals surface area contributed by atoms with Crippen molar-refractivity contribution in [3.63, 3.8) is 0 Å². The third kappa shape index (κ3) is 4.25. The minimum atomic E-state index is -0.822. The van der Waals surface area contributed by atoms with E-state index in [1.54, 1.807) is 4.90 Å². The molecular weight excluding hydrogens is 454 g/mol. The number of nitrogens with zero attached hydrogens (tertiary/aromatic N) is 3. The van der Waals surface area contributed by atoms with Crippen LogP contribution in [0.25, 0.3) is 10.9 Å². The first-order valence-corrected chi connectivity index (χ1v) is 12.7. The van der Waals surface area contributed by atoms with Crippen LogP contribution >= 0.6 is 0 Å². The zero-order valence-electron chi connectivity index (χ0n) is 22.3. The Bertz CT molecular complexity index is 1250. The van der Waals surface area contributed by atoms with Gasteiger partial charge in [0.1, 0.15) is 23.8 Å². The molecule has 1 saturated carbocycles. The maximum Gasteiger partial charge on any atom is 0.268 e. The molecule has 2 N–H and O–H groups in total. The van der Waals surface area contributed by atoms with E-state index in [2.05, 4.69) is 30.6 Å². The van der Waals surface area contributed by atoms with Gasteiger partial charge in [-0.05, 0) is 41.2 Å². The van der Waals surface area contributed by atoms with Crippen LogP contribution in [0.3, 0.4) is 0 Å². The summed E-state index contributed by atoms with van der Waals surface area (Å²) < 4.78 is 1.82. The SMILES string of the molecule is CC[C@@H](C#N)NC(=O)[C@@H]1[C@@H]2[C@H](CN1C(=O)[C@@H](NC(=O)c1cc3ccccc3n1C)C(C)(C)C)C2(C)C.